The first-order chi connectivity index (χ1) is 7.49. The zero-order chi connectivity index (χ0) is 12.0. The molecule has 0 bridgehead atoms. The summed E-state index contributed by atoms with van der Waals surface area (Å²) in [5.41, 5.74) is 0. The lowest BCUT2D eigenvalue weighted by Crippen LogP contribution is -2.48. The molecular weight excluding hydrogens is 266 g/mol. The number of hydrogen-bond acceptors (Lipinski definition) is 4. The van der Waals surface area contributed by atoms with Crippen molar-refractivity contribution in [3.8, 4) is 0 Å². The van der Waals surface area contributed by atoms with Gasteiger partial charge < -0.3 is 10.6 Å². The molecule has 1 aliphatic heterocycles. The average molecular weight is 286 g/mol. The third-order valence-corrected chi connectivity index (χ3v) is 3.14. The summed E-state index contributed by atoms with van der Waals surface area (Å²) in [5, 5.41) is 5.82. The van der Waals surface area contributed by atoms with E-state index in [4.69, 9.17) is 0 Å². The van der Waals surface area contributed by atoms with Crippen molar-refractivity contribution in [2.75, 3.05) is 25.9 Å². The van der Waals surface area contributed by atoms with E-state index in [9.17, 15) is 13.2 Å². The van der Waals surface area contributed by atoms with Crippen LogP contribution >= 0.6 is 12.4 Å². The van der Waals surface area contributed by atoms with Crippen LogP contribution in [-0.4, -0.2) is 46.3 Å². The Morgan fingerprint density at radius 2 is 2.06 bits per heavy atom. The predicted octanol–water partition coefficient (Wildman–Crippen LogP) is -0.784. The number of hydrogen-bond donors (Lipinski definition) is 3. The molecule has 102 valence electrons. The van der Waals surface area contributed by atoms with Gasteiger partial charge in [0.1, 0.15) is 0 Å². The maximum atomic E-state index is 11.6. The van der Waals surface area contributed by atoms with Gasteiger partial charge in [0.25, 0.3) is 0 Å². The number of rotatable bonds is 5. The van der Waals surface area contributed by atoms with Gasteiger partial charge in [-0.2, -0.15) is 0 Å². The van der Waals surface area contributed by atoms with Crippen LogP contribution in [0.2, 0.25) is 0 Å². The lowest BCUT2D eigenvalue weighted by Gasteiger charge is -2.22. The number of carbonyl (C=O) groups excluding carboxylic acids is 1. The van der Waals surface area contributed by atoms with Crippen LogP contribution in [0.1, 0.15) is 19.3 Å². The van der Waals surface area contributed by atoms with Crippen LogP contribution in [-0.2, 0) is 14.8 Å². The summed E-state index contributed by atoms with van der Waals surface area (Å²) in [6, 6.07) is -0.119. The molecule has 1 rings (SSSR count). The van der Waals surface area contributed by atoms with Gasteiger partial charge in [0.05, 0.1) is 12.3 Å². The van der Waals surface area contributed by atoms with E-state index < -0.39 is 10.0 Å². The molecule has 0 radical (unpaired) electrons. The summed E-state index contributed by atoms with van der Waals surface area (Å²) in [6.07, 6.45) is 4.12. The van der Waals surface area contributed by atoms with Gasteiger partial charge in [-0.05, 0) is 19.4 Å². The molecule has 0 saturated carbocycles. The Kier molecular flexibility index (Phi) is 7.69. The first-order valence-corrected chi connectivity index (χ1v) is 7.34. The zero-order valence-corrected chi connectivity index (χ0v) is 11.5. The molecule has 8 heteroatoms. The first kappa shape index (κ1) is 16.6. The molecule has 0 spiro atoms. The van der Waals surface area contributed by atoms with Crippen molar-refractivity contribution < 1.29 is 13.2 Å². The van der Waals surface area contributed by atoms with Crippen molar-refractivity contribution in [1.29, 1.82) is 0 Å². The highest BCUT2D eigenvalue weighted by molar-refractivity contribution is 7.88. The van der Waals surface area contributed by atoms with Crippen LogP contribution in [0.5, 0.6) is 0 Å². The second-order valence-electron chi connectivity index (χ2n) is 3.96. The summed E-state index contributed by atoms with van der Waals surface area (Å²) in [4.78, 5) is 11.6. The molecule has 0 aliphatic carbocycles. The Hall–Kier alpha value is -0.370. The average Bonchev–Trinajstić information content (AvgIpc) is 2.24. The monoisotopic (exact) mass is 285 g/mol. The Balaban J connectivity index is 0.00000256. The van der Waals surface area contributed by atoms with Gasteiger partial charge in [0, 0.05) is 13.1 Å². The molecule has 1 saturated heterocycles. The van der Waals surface area contributed by atoms with E-state index >= 15 is 0 Å². The van der Waals surface area contributed by atoms with E-state index in [0.29, 0.717) is 6.54 Å². The van der Waals surface area contributed by atoms with Gasteiger partial charge >= 0.3 is 0 Å². The summed E-state index contributed by atoms with van der Waals surface area (Å²) in [7, 11) is -3.16. The van der Waals surface area contributed by atoms with Gasteiger partial charge in [0.2, 0.25) is 15.9 Å². The summed E-state index contributed by atoms with van der Waals surface area (Å²) in [5.74, 6) is -0.0463. The van der Waals surface area contributed by atoms with Crippen LogP contribution in [0.3, 0.4) is 0 Å². The highest BCUT2D eigenvalue weighted by atomic mass is 35.5. The number of nitrogens with one attached hydrogen (secondary N) is 3. The van der Waals surface area contributed by atoms with Crippen molar-refractivity contribution in [3.63, 3.8) is 0 Å². The van der Waals surface area contributed by atoms with E-state index in [2.05, 4.69) is 15.4 Å². The molecule has 1 unspecified atom stereocenters. The van der Waals surface area contributed by atoms with Crippen molar-refractivity contribution in [2.45, 2.75) is 25.3 Å². The van der Waals surface area contributed by atoms with Gasteiger partial charge in [-0.25, -0.2) is 13.1 Å². The fourth-order valence-electron chi connectivity index (χ4n) is 1.62. The van der Waals surface area contributed by atoms with Crippen LogP contribution in [0.4, 0.5) is 0 Å². The number of carbonyl (C=O) groups is 1. The largest absolute Gasteiger partial charge is 0.353 e. The standard InChI is InChI=1S/C9H19N3O3S.ClH/c1-16(14,15)12-7-6-11-9(13)8-4-2-3-5-10-8;/h8,10,12H,2-7H2,1H3,(H,11,13);1H. The zero-order valence-electron chi connectivity index (χ0n) is 9.86. The van der Waals surface area contributed by atoms with E-state index in [1.54, 1.807) is 0 Å². The minimum absolute atomic E-state index is 0. The molecule has 0 aromatic heterocycles. The second kappa shape index (κ2) is 7.86. The SMILES string of the molecule is CS(=O)(=O)NCCNC(=O)C1CCCCN1.Cl. The topological polar surface area (TPSA) is 87.3 Å². The Morgan fingerprint density at radius 1 is 1.35 bits per heavy atom. The fraction of sp³-hybridized carbons (Fsp3) is 0.889. The van der Waals surface area contributed by atoms with E-state index in [0.717, 1.165) is 32.1 Å². The molecular formula is C9H20ClN3O3S. The molecule has 17 heavy (non-hydrogen) atoms. The Labute approximate surface area is 108 Å². The third-order valence-electron chi connectivity index (χ3n) is 2.42. The molecule has 1 atom stereocenters. The highest BCUT2D eigenvalue weighted by Crippen LogP contribution is 2.06. The Morgan fingerprint density at radius 3 is 2.59 bits per heavy atom. The lowest BCUT2D eigenvalue weighted by molar-refractivity contribution is -0.123. The van der Waals surface area contributed by atoms with E-state index in [1.165, 1.54) is 0 Å². The molecule has 1 amide bonds. The third kappa shape index (κ3) is 7.54. The van der Waals surface area contributed by atoms with Crippen molar-refractivity contribution >= 4 is 28.3 Å². The minimum atomic E-state index is -3.16. The van der Waals surface area contributed by atoms with Gasteiger partial charge in [-0.1, -0.05) is 6.42 Å². The number of halogens is 1. The molecule has 6 nitrogen and oxygen atoms in total. The Bertz CT molecular complexity index is 328. The van der Waals surface area contributed by atoms with Gasteiger partial charge in [-0.15, -0.1) is 12.4 Å². The highest BCUT2D eigenvalue weighted by Gasteiger charge is 2.19. The number of piperidine rings is 1. The molecule has 0 aromatic rings. The van der Waals surface area contributed by atoms with Crippen LogP contribution < -0.4 is 15.4 Å². The quantitative estimate of drug-likeness (QED) is 0.578. The van der Waals surface area contributed by atoms with Crippen molar-refractivity contribution in [3.05, 3.63) is 0 Å². The molecule has 1 fully saturated rings. The van der Waals surface area contributed by atoms with Crippen LogP contribution in [0.15, 0.2) is 0 Å². The maximum Gasteiger partial charge on any atom is 0.237 e. The molecule has 0 aromatic carbocycles. The predicted molar refractivity (Wildman–Crippen MR) is 68.7 cm³/mol. The lowest BCUT2D eigenvalue weighted by atomic mass is 10.0. The molecule has 3 N–H and O–H groups in total. The van der Waals surface area contributed by atoms with E-state index in [-0.39, 0.29) is 30.9 Å². The van der Waals surface area contributed by atoms with Gasteiger partial charge in [0.15, 0.2) is 0 Å². The number of sulfonamides is 1. The molecule has 1 heterocycles. The van der Waals surface area contributed by atoms with Crippen LogP contribution in [0.25, 0.3) is 0 Å². The smallest absolute Gasteiger partial charge is 0.237 e. The van der Waals surface area contributed by atoms with Crippen LogP contribution in [0, 0.1) is 0 Å². The second-order valence-corrected chi connectivity index (χ2v) is 5.79. The van der Waals surface area contributed by atoms with E-state index in [1.807, 2.05) is 0 Å². The van der Waals surface area contributed by atoms with Crippen molar-refractivity contribution in [2.24, 2.45) is 0 Å². The number of amides is 1. The normalized spacial score (nSPS) is 20.4. The van der Waals surface area contributed by atoms with Gasteiger partial charge in [-0.3, -0.25) is 4.79 Å². The maximum absolute atomic E-state index is 11.6. The summed E-state index contributed by atoms with van der Waals surface area (Å²) >= 11 is 0. The summed E-state index contributed by atoms with van der Waals surface area (Å²) < 4.78 is 23.8. The first-order valence-electron chi connectivity index (χ1n) is 5.45. The fourth-order valence-corrected chi connectivity index (χ4v) is 2.09. The molecule has 1 aliphatic rings. The summed E-state index contributed by atoms with van der Waals surface area (Å²) in [6.45, 7) is 1.43. The minimum Gasteiger partial charge on any atom is -0.353 e. The van der Waals surface area contributed by atoms with Crippen molar-refractivity contribution in [1.82, 2.24) is 15.4 Å².